The van der Waals surface area contributed by atoms with Crippen LogP contribution in [0.1, 0.15) is 46.0 Å². The molecule has 3 heteroatoms. The molecule has 1 aliphatic rings. The molecule has 1 saturated carbocycles. The summed E-state index contributed by atoms with van der Waals surface area (Å²) in [5, 5.41) is 0. The molecule has 1 aliphatic carbocycles. The topological polar surface area (TPSA) is 46.3 Å². The van der Waals surface area contributed by atoms with Crippen molar-refractivity contribution in [1.82, 2.24) is 4.90 Å². The van der Waals surface area contributed by atoms with E-state index in [9.17, 15) is 4.79 Å². The first-order valence-corrected chi connectivity index (χ1v) is 6.10. The van der Waals surface area contributed by atoms with E-state index in [2.05, 4.69) is 13.8 Å². The van der Waals surface area contributed by atoms with Crippen molar-refractivity contribution in [1.29, 1.82) is 0 Å². The van der Waals surface area contributed by atoms with Crippen LogP contribution in [0.4, 0.5) is 0 Å². The van der Waals surface area contributed by atoms with Gasteiger partial charge in [0.15, 0.2) is 0 Å². The Bertz CT molecular complexity index is 214. The molecule has 1 fully saturated rings. The van der Waals surface area contributed by atoms with Crippen molar-refractivity contribution in [3.05, 3.63) is 0 Å². The summed E-state index contributed by atoms with van der Waals surface area (Å²) >= 11 is 0. The Morgan fingerprint density at radius 3 is 2.60 bits per heavy atom. The highest BCUT2D eigenvalue weighted by atomic mass is 16.2. The van der Waals surface area contributed by atoms with Crippen LogP contribution in [-0.4, -0.2) is 29.9 Å². The van der Waals surface area contributed by atoms with Gasteiger partial charge < -0.3 is 10.6 Å². The maximum Gasteiger partial charge on any atom is 0.239 e. The van der Waals surface area contributed by atoms with Crippen LogP contribution in [0.5, 0.6) is 0 Å². The van der Waals surface area contributed by atoms with Crippen LogP contribution < -0.4 is 5.73 Å². The van der Waals surface area contributed by atoms with Gasteiger partial charge in [-0.25, -0.2) is 0 Å². The second kappa shape index (κ2) is 5.50. The van der Waals surface area contributed by atoms with Crippen molar-refractivity contribution in [2.45, 2.75) is 58.0 Å². The number of nitrogens with two attached hydrogens (primary N) is 1. The van der Waals surface area contributed by atoms with E-state index in [0.29, 0.717) is 6.04 Å². The fourth-order valence-corrected chi connectivity index (χ4v) is 1.90. The number of unbranched alkanes of at least 4 members (excludes halogenated alkanes) is 1. The molecule has 88 valence electrons. The lowest BCUT2D eigenvalue weighted by Gasteiger charge is -2.27. The van der Waals surface area contributed by atoms with Gasteiger partial charge in [0, 0.05) is 13.1 Å². The van der Waals surface area contributed by atoms with Gasteiger partial charge >= 0.3 is 0 Å². The smallest absolute Gasteiger partial charge is 0.239 e. The number of rotatable bonds is 6. The second-order valence-electron chi connectivity index (χ2n) is 4.78. The lowest BCUT2D eigenvalue weighted by molar-refractivity contribution is -0.133. The van der Waals surface area contributed by atoms with E-state index in [1.165, 1.54) is 12.8 Å². The van der Waals surface area contributed by atoms with Crippen LogP contribution >= 0.6 is 0 Å². The van der Waals surface area contributed by atoms with Crippen molar-refractivity contribution in [2.75, 3.05) is 7.05 Å². The predicted molar refractivity (Wildman–Crippen MR) is 62.5 cm³/mol. The first-order chi connectivity index (χ1) is 7.07. The molecule has 0 spiro atoms. The highest BCUT2D eigenvalue weighted by Gasteiger charge is 2.33. The van der Waals surface area contributed by atoms with Gasteiger partial charge in [-0.15, -0.1) is 0 Å². The minimum absolute atomic E-state index is 0.114. The summed E-state index contributed by atoms with van der Waals surface area (Å²) in [7, 11) is 1.89. The third-order valence-corrected chi connectivity index (χ3v) is 3.45. The molecule has 15 heavy (non-hydrogen) atoms. The molecule has 1 unspecified atom stereocenters. The third-order valence-electron chi connectivity index (χ3n) is 3.45. The summed E-state index contributed by atoms with van der Waals surface area (Å²) in [6.45, 7) is 4.25. The molecule has 0 heterocycles. The van der Waals surface area contributed by atoms with Crippen LogP contribution in [0.25, 0.3) is 0 Å². The molecular weight excluding hydrogens is 188 g/mol. The summed E-state index contributed by atoms with van der Waals surface area (Å²) in [5.74, 6) is 0.833. The third kappa shape index (κ3) is 3.49. The average molecular weight is 212 g/mol. The lowest BCUT2D eigenvalue weighted by atomic mass is 10.1. The molecular formula is C12H24N2O. The Hall–Kier alpha value is -0.570. The SMILES string of the molecule is CCCC[C@H](N)C(=O)N(C)C(C)C1CC1. The van der Waals surface area contributed by atoms with E-state index in [1.54, 1.807) is 0 Å². The first-order valence-electron chi connectivity index (χ1n) is 6.10. The molecule has 0 aromatic heterocycles. The highest BCUT2D eigenvalue weighted by Crippen LogP contribution is 2.34. The molecule has 3 nitrogen and oxygen atoms in total. The summed E-state index contributed by atoms with van der Waals surface area (Å²) < 4.78 is 0. The Morgan fingerprint density at radius 2 is 2.13 bits per heavy atom. The minimum atomic E-state index is -0.295. The first kappa shape index (κ1) is 12.5. The van der Waals surface area contributed by atoms with Gasteiger partial charge in [0.05, 0.1) is 6.04 Å². The second-order valence-corrected chi connectivity index (χ2v) is 4.78. The van der Waals surface area contributed by atoms with Crippen molar-refractivity contribution >= 4 is 5.91 Å². The largest absolute Gasteiger partial charge is 0.341 e. The van der Waals surface area contributed by atoms with E-state index < -0.39 is 0 Å². The average Bonchev–Trinajstić information content (AvgIpc) is 3.06. The molecule has 2 atom stereocenters. The molecule has 1 rings (SSSR count). The zero-order valence-electron chi connectivity index (χ0n) is 10.2. The fourth-order valence-electron chi connectivity index (χ4n) is 1.90. The molecule has 0 radical (unpaired) electrons. The van der Waals surface area contributed by atoms with Gasteiger partial charge in [-0.3, -0.25) is 4.79 Å². The van der Waals surface area contributed by atoms with Crippen molar-refractivity contribution < 1.29 is 4.79 Å². The number of hydrogen-bond donors (Lipinski definition) is 1. The van der Waals surface area contributed by atoms with E-state index >= 15 is 0 Å². The van der Waals surface area contributed by atoms with Crippen LogP contribution in [-0.2, 0) is 4.79 Å². The maximum atomic E-state index is 11.9. The molecule has 0 aromatic carbocycles. The number of carbonyl (C=O) groups excluding carboxylic acids is 1. The number of hydrogen-bond acceptors (Lipinski definition) is 2. The normalized spacial score (nSPS) is 19.7. The molecule has 0 saturated heterocycles. The van der Waals surface area contributed by atoms with Gasteiger partial charge in [-0.1, -0.05) is 19.8 Å². The molecule has 2 N–H and O–H groups in total. The Morgan fingerprint density at radius 1 is 1.53 bits per heavy atom. The Kier molecular flexibility index (Phi) is 4.58. The van der Waals surface area contributed by atoms with Crippen LogP contribution in [0.15, 0.2) is 0 Å². The molecule has 1 amide bonds. The maximum absolute atomic E-state index is 11.9. The molecule has 0 bridgehead atoms. The van der Waals surface area contributed by atoms with Crippen LogP contribution in [0.2, 0.25) is 0 Å². The Balaban J connectivity index is 2.36. The monoisotopic (exact) mass is 212 g/mol. The van der Waals surface area contributed by atoms with Gasteiger partial charge in [0.1, 0.15) is 0 Å². The zero-order valence-corrected chi connectivity index (χ0v) is 10.2. The summed E-state index contributed by atoms with van der Waals surface area (Å²) in [6, 6.07) is 0.0707. The van der Waals surface area contributed by atoms with E-state index in [1.807, 2.05) is 11.9 Å². The van der Waals surface area contributed by atoms with E-state index in [0.717, 1.165) is 25.2 Å². The number of likely N-dealkylation sites (N-methyl/N-ethyl adjacent to an activating group) is 1. The summed E-state index contributed by atoms with van der Waals surface area (Å²) in [6.07, 6.45) is 5.49. The molecule has 0 aromatic rings. The summed E-state index contributed by atoms with van der Waals surface area (Å²) in [4.78, 5) is 13.8. The predicted octanol–water partition coefficient (Wildman–Crippen LogP) is 1.76. The number of nitrogens with zero attached hydrogens (tertiary/aromatic N) is 1. The summed E-state index contributed by atoms with van der Waals surface area (Å²) in [5.41, 5.74) is 5.87. The van der Waals surface area contributed by atoms with Gasteiger partial charge in [-0.05, 0) is 32.1 Å². The van der Waals surface area contributed by atoms with E-state index in [-0.39, 0.29) is 11.9 Å². The lowest BCUT2D eigenvalue weighted by Crippen LogP contribution is -2.46. The number of carbonyl (C=O) groups is 1. The Labute approximate surface area is 93.0 Å². The quantitative estimate of drug-likeness (QED) is 0.729. The van der Waals surface area contributed by atoms with E-state index in [4.69, 9.17) is 5.73 Å². The van der Waals surface area contributed by atoms with Crippen molar-refractivity contribution in [3.8, 4) is 0 Å². The minimum Gasteiger partial charge on any atom is -0.341 e. The van der Waals surface area contributed by atoms with Gasteiger partial charge in [-0.2, -0.15) is 0 Å². The molecule has 0 aliphatic heterocycles. The highest BCUT2D eigenvalue weighted by molar-refractivity contribution is 5.81. The zero-order chi connectivity index (χ0) is 11.4. The fraction of sp³-hybridized carbons (Fsp3) is 0.917. The number of amides is 1. The van der Waals surface area contributed by atoms with Crippen LogP contribution in [0.3, 0.4) is 0 Å². The standard InChI is InChI=1S/C12H24N2O/c1-4-5-6-11(13)12(15)14(3)9(2)10-7-8-10/h9-11H,4-8,13H2,1-3H3/t9?,11-/m0/s1. The van der Waals surface area contributed by atoms with Crippen molar-refractivity contribution in [2.24, 2.45) is 11.7 Å². The van der Waals surface area contributed by atoms with Gasteiger partial charge in [0.2, 0.25) is 5.91 Å². The van der Waals surface area contributed by atoms with Gasteiger partial charge in [0.25, 0.3) is 0 Å². The van der Waals surface area contributed by atoms with Crippen molar-refractivity contribution in [3.63, 3.8) is 0 Å². The van der Waals surface area contributed by atoms with Crippen LogP contribution in [0, 0.1) is 5.92 Å².